The molecule has 0 radical (unpaired) electrons. The van der Waals surface area contributed by atoms with Gasteiger partial charge in [-0.05, 0) is 56.3 Å². The highest BCUT2D eigenvalue weighted by Crippen LogP contribution is 2.31. The maximum atomic E-state index is 5.22. The van der Waals surface area contributed by atoms with E-state index in [-0.39, 0.29) is 0 Å². The first-order valence-electron chi connectivity index (χ1n) is 8.09. The lowest BCUT2D eigenvalue weighted by Crippen LogP contribution is -1.98. The van der Waals surface area contributed by atoms with Crippen LogP contribution in [-0.4, -0.2) is 22.1 Å². The Bertz CT molecular complexity index is 1070. The number of nitrogens with zero attached hydrogens (tertiary/aromatic N) is 3. The number of rotatable bonds is 3. The molecular formula is C20H18N4O. The summed E-state index contributed by atoms with van der Waals surface area (Å²) >= 11 is 0. The fraction of sp³-hybridized carbons (Fsp3) is 0.150. The van der Waals surface area contributed by atoms with Crippen LogP contribution in [0.3, 0.4) is 0 Å². The monoisotopic (exact) mass is 330 g/mol. The van der Waals surface area contributed by atoms with Crippen LogP contribution in [-0.2, 0) is 0 Å². The topological polar surface area (TPSA) is 59.9 Å². The molecule has 5 nitrogen and oxygen atoms in total. The minimum Gasteiger partial charge on any atom is -0.497 e. The maximum absolute atomic E-state index is 5.22. The number of nitrogens with one attached hydrogen (secondary N) is 1. The zero-order valence-corrected chi connectivity index (χ0v) is 14.4. The average Bonchev–Trinajstić information content (AvgIpc) is 2.63. The third-order valence-electron chi connectivity index (χ3n) is 4.32. The zero-order valence-electron chi connectivity index (χ0n) is 14.4. The lowest BCUT2D eigenvalue weighted by Gasteiger charge is -2.12. The van der Waals surface area contributed by atoms with Gasteiger partial charge in [-0.3, -0.25) is 4.98 Å². The van der Waals surface area contributed by atoms with Gasteiger partial charge in [0.1, 0.15) is 11.3 Å². The largest absolute Gasteiger partial charge is 0.497 e. The van der Waals surface area contributed by atoms with Crippen LogP contribution >= 0.6 is 0 Å². The Morgan fingerprint density at radius 2 is 1.56 bits per heavy atom. The van der Waals surface area contributed by atoms with Crippen LogP contribution in [0.5, 0.6) is 5.75 Å². The Kier molecular flexibility index (Phi) is 3.69. The van der Waals surface area contributed by atoms with Gasteiger partial charge in [0, 0.05) is 11.9 Å². The molecule has 0 unspecified atom stereocenters. The Morgan fingerprint density at radius 3 is 2.32 bits per heavy atom. The number of benzene rings is 2. The summed E-state index contributed by atoms with van der Waals surface area (Å²) in [5.74, 6) is 0.826. The van der Waals surface area contributed by atoms with Gasteiger partial charge in [-0.25, -0.2) is 9.97 Å². The lowest BCUT2D eigenvalue weighted by molar-refractivity contribution is 0.415. The number of ether oxygens (including phenoxy) is 1. The van der Waals surface area contributed by atoms with E-state index in [1.165, 1.54) is 0 Å². The van der Waals surface area contributed by atoms with E-state index in [2.05, 4.69) is 15.3 Å². The molecule has 0 aliphatic heterocycles. The predicted octanol–water partition coefficient (Wildman–Crippen LogP) is 4.55. The van der Waals surface area contributed by atoms with Gasteiger partial charge >= 0.3 is 0 Å². The van der Waals surface area contributed by atoms with Crippen molar-refractivity contribution in [3.05, 3.63) is 60.0 Å². The first-order valence-corrected chi connectivity index (χ1v) is 8.09. The molecule has 2 heterocycles. The van der Waals surface area contributed by atoms with Gasteiger partial charge < -0.3 is 10.1 Å². The summed E-state index contributed by atoms with van der Waals surface area (Å²) < 4.78 is 5.22. The van der Waals surface area contributed by atoms with Gasteiger partial charge in [0.2, 0.25) is 0 Å². The van der Waals surface area contributed by atoms with Crippen molar-refractivity contribution in [1.29, 1.82) is 0 Å². The molecule has 0 spiro atoms. The molecule has 0 fully saturated rings. The Hall–Kier alpha value is -3.21. The van der Waals surface area contributed by atoms with E-state index in [9.17, 15) is 0 Å². The first kappa shape index (κ1) is 15.3. The van der Waals surface area contributed by atoms with Crippen molar-refractivity contribution in [2.24, 2.45) is 0 Å². The van der Waals surface area contributed by atoms with Gasteiger partial charge in [-0.1, -0.05) is 0 Å². The van der Waals surface area contributed by atoms with Crippen molar-refractivity contribution in [2.75, 3.05) is 12.4 Å². The number of methoxy groups -OCH3 is 1. The molecule has 0 saturated carbocycles. The zero-order chi connectivity index (χ0) is 17.4. The highest BCUT2D eigenvalue weighted by Gasteiger charge is 2.11. The highest BCUT2D eigenvalue weighted by atomic mass is 16.5. The van der Waals surface area contributed by atoms with Crippen molar-refractivity contribution >= 4 is 33.3 Å². The van der Waals surface area contributed by atoms with E-state index in [0.29, 0.717) is 0 Å². The van der Waals surface area contributed by atoms with Crippen LogP contribution in [0.25, 0.3) is 21.9 Å². The molecule has 2 aromatic carbocycles. The second-order valence-corrected chi connectivity index (χ2v) is 5.93. The molecule has 124 valence electrons. The van der Waals surface area contributed by atoms with E-state index >= 15 is 0 Å². The smallest absolute Gasteiger partial charge is 0.119 e. The molecular weight excluding hydrogens is 312 g/mol. The summed E-state index contributed by atoms with van der Waals surface area (Å²) in [6.45, 7) is 3.96. The molecule has 4 aromatic rings. The quantitative estimate of drug-likeness (QED) is 0.559. The van der Waals surface area contributed by atoms with Crippen LogP contribution in [0.1, 0.15) is 11.4 Å². The van der Waals surface area contributed by atoms with Crippen molar-refractivity contribution < 1.29 is 4.74 Å². The van der Waals surface area contributed by atoms with Gasteiger partial charge in [-0.15, -0.1) is 0 Å². The van der Waals surface area contributed by atoms with Crippen molar-refractivity contribution in [3.63, 3.8) is 0 Å². The molecule has 4 rings (SSSR count). The van der Waals surface area contributed by atoms with E-state index < -0.39 is 0 Å². The molecule has 1 N–H and O–H groups in total. The number of fused-ring (bicyclic) bond motifs is 3. The molecule has 0 amide bonds. The van der Waals surface area contributed by atoms with Crippen LogP contribution < -0.4 is 10.1 Å². The summed E-state index contributed by atoms with van der Waals surface area (Å²) in [4.78, 5) is 13.9. The number of hydrogen-bond donors (Lipinski definition) is 1. The minimum atomic E-state index is 0.826. The number of pyridine rings is 1. The van der Waals surface area contributed by atoms with Crippen molar-refractivity contribution in [1.82, 2.24) is 15.0 Å². The predicted molar refractivity (Wildman–Crippen MR) is 101 cm³/mol. The van der Waals surface area contributed by atoms with Gasteiger partial charge in [0.05, 0.1) is 40.6 Å². The summed E-state index contributed by atoms with van der Waals surface area (Å²) in [6.07, 6.45) is 1.80. The van der Waals surface area contributed by atoms with Crippen LogP contribution in [0.4, 0.5) is 11.4 Å². The summed E-state index contributed by atoms with van der Waals surface area (Å²) in [5.41, 5.74) is 6.44. The summed E-state index contributed by atoms with van der Waals surface area (Å²) in [7, 11) is 1.66. The van der Waals surface area contributed by atoms with E-state index in [1.54, 1.807) is 13.3 Å². The number of hydrogen-bond acceptors (Lipinski definition) is 5. The molecule has 5 heteroatoms. The number of anilines is 2. The molecule has 0 aliphatic carbocycles. The van der Waals surface area contributed by atoms with Crippen LogP contribution in [0.2, 0.25) is 0 Å². The standard InChI is InChI=1S/C20H18N4O/c1-12-13(2)23-20-18(22-12)9-8-16-19(20)17(10-11-21-16)24-14-4-6-15(25-3)7-5-14/h4-11H,1-3H3,(H,21,24). The molecule has 0 saturated heterocycles. The fourth-order valence-corrected chi connectivity index (χ4v) is 2.87. The van der Waals surface area contributed by atoms with E-state index in [4.69, 9.17) is 9.72 Å². The van der Waals surface area contributed by atoms with Crippen LogP contribution in [0, 0.1) is 13.8 Å². The second-order valence-electron chi connectivity index (χ2n) is 5.93. The van der Waals surface area contributed by atoms with Gasteiger partial charge in [-0.2, -0.15) is 0 Å². The van der Waals surface area contributed by atoms with Gasteiger partial charge in [0.25, 0.3) is 0 Å². The first-order chi connectivity index (χ1) is 12.2. The molecule has 0 bridgehead atoms. The minimum absolute atomic E-state index is 0.826. The molecule has 0 atom stereocenters. The molecule has 2 aromatic heterocycles. The summed E-state index contributed by atoms with van der Waals surface area (Å²) in [5, 5.41) is 4.44. The molecule has 0 aliphatic rings. The number of aromatic nitrogens is 3. The molecule has 25 heavy (non-hydrogen) atoms. The Labute approximate surface area is 145 Å². The Morgan fingerprint density at radius 1 is 0.840 bits per heavy atom. The van der Waals surface area contributed by atoms with E-state index in [1.807, 2.05) is 56.3 Å². The van der Waals surface area contributed by atoms with Crippen molar-refractivity contribution in [3.8, 4) is 5.75 Å². The summed E-state index contributed by atoms with van der Waals surface area (Å²) in [6, 6.07) is 13.7. The van der Waals surface area contributed by atoms with E-state index in [0.717, 1.165) is 50.4 Å². The number of aryl methyl sites for hydroxylation is 2. The Balaban J connectivity index is 1.90. The lowest BCUT2D eigenvalue weighted by atomic mass is 10.1. The average molecular weight is 330 g/mol. The fourth-order valence-electron chi connectivity index (χ4n) is 2.87. The third kappa shape index (κ3) is 2.74. The van der Waals surface area contributed by atoms with Crippen LogP contribution in [0.15, 0.2) is 48.7 Å². The van der Waals surface area contributed by atoms with Gasteiger partial charge in [0.15, 0.2) is 0 Å². The maximum Gasteiger partial charge on any atom is 0.119 e. The van der Waals surface area contributed by atoms with Crippen molar-refractivity contribution in [2.45, 2.75) is 13.8 Å². The second kappa shape index (κ2) is 6.02. The third-order valence-corrected chi connectivity index (χ3v) is 4.32. The normalized spacial score (nSPS) is 11.0. The highest BCUT2D eigenvalue weighted by molar-refractivity contribution is 6.09. The SMILES string of the molecule is COc1ccc(Nc2ccnc3ccc4nc(C)c(C)nc4c23)cc1.